The second-order valence-corrected chi connectivity index (χ2v) is 13.7. The predicted octanol–water partition coefficient (Wildman–Crippen LogP) is 1.59. The summed E-state index contributed by atoms with van der Waals surface area (Å²) in [6, 6.07) is 9.37. The average Bonchev–Trinajstić information content (AvgIpc) is 3.08. The first-order valence-electron chi connectivity index (χ1n) is 17.5. The fourth-order valence-electron chi connectivity index (χ4n) is 5.31. The summed E-state index contributed by atoms with van der Waals surface area (Å²) in [5, 5.41) is 17.6. The number of carbonyl (C=O) groups is 5. The third-order valence-electron chi connectivity index (χ3n) is 8.05. The number of hydrogen-bond acceptors (Lipinski definition) is 7. The van der Waals surface area contributed by atoms with E-state index in [0.29, 0.717) is 44.2 Å². The van der Waals surface area contributed by atoms with Crippen LogP contribution in [-0.4, -0.2) is 79.9 Å². The van der Waals surface area contributed by atoms with Crippen molar-refractivity contribution < 1.29 is 33.5 Å². The van der Waals surface area contributed by atoms with E-state index >= 15 is 0 Å². The van der Waals surface area contributed by atoms with Gasteiger partial charge in [0.25, 0.3) is 5.91 Å². The largest absolute Gasteiger partial charge is 0.355 e. The Bertz CT molecular complexity index is 1380. The lowest BCUT2D eigenvalue weighted by molar-refractivity contribution is -0.885. The molecule has 276 valence electrons. The Balaban J connectivity index is 2.19. The number of aromatic nitrogens is 1. The van der Waals surface area contributed by atoms with Gasteiger partial charge in [0.1, 0.15) is 25.2 Å². The van der Waals surface area contributed by atoms with Crippen LogP contribution in [0.15, 0.2) is 54.9 Å². The Hall–Kier alpha value is -4.52. The maximum atomic E-state index is 13.8. The summed E-state index contributed by atoms with van der Waals surface area (Å²) < 4.78 is 1.44. The Kier molecular flexibility index (Phi) is 17.4. The van der Waals surface area contributed by atoms with Crippen LogP contribution in [0, 0.1) is 5.41 Å². The standard InChI is InChI=1S/C37H57N7O6/c1-9-15-30(42-36(49)31(23-37(5,6)7)43-33(46)27-18-20-44(50-8)21-19-27)35(48)40-28(22-26-16-13-12-14-17-26)24-39-25(4)32(45)41-29(10-2)34(47)38-11-3/h12-14,16-21,25,28-31,39H,9-11,15,22-24H2,1-8H3,(H4-,38,40,41,42,43,45,46,47,48,49)/p+1/t25?,28-,29-,30?,31-/m0/s1. The zero-order valence-electron chi connectivity index (χ0n) is 30.9. The first-order chi connectivity index (χ1) is 23.7. The molecule has 13 nitrogen and oxygen atoms in total. The monoisotopic (exact) mass is 696 g/mol. The van der Waals surface area contributed by atoms with Gasteiger partial charge in [0.05, 0.1) is 11.6 Å². The second-order valence-electron chi connectivity index (χ2n) is 13.7. The number of rotatable bonds is 20. The summed E-state index contributed by atoms with van der Waals surface area (Å²) in [7, 11) is 1.51. The van der Waals surface area contributed by atoms with Gasteiger partial charge in [-0.3, -0.25) is 28.8 Å². The van der Waals surface area contributed by atoms with E-state index in [2.05, 4.69) is 31.9 Å². The van der Waals surface area contributed by atoms with Crippen molar-refractivity contribution in [2.45, 2.75) is 111 Å². The van der Waals surface area contributed by atoms with Gasteiger partial charge in [-0.25, -0.2) is 0 Å². The molecule has 2 unspecified atom stereocenters. The predicted molar refractivity (Wildman–Crippen MR) is 192 cm³/mol. The van der Waals surface area contributed by atoms with Gasteiger partial charge in [-0.1, -0.05) is 71.4 Å². The first kappa shape index (κ1) is 41.7. The molecule has 0 aliphatic carbocycles. The minimum atomic E-state index is -0.892. The zero-order chi connectivity index (χ0) is 37.3. The van der Waals surface area contributed by atoms with Crippen LogP contribution in [0.5, 0.6) is 0 Å². The van der Waals surface area contributed by atoms with Crippen LogP contribution in [0.3, 0.4) is 0 Å². The zero-order valence-corrected chi connectivity index (χ0v) is 30.9. The number of likely N-dealkylation sites (N-methyl/N-ethyl adjacent to an activating group) is 1. The number of benzene rings is 1. The molecule has 0 fully saturated rings. The molecular formula is C37H58N7O6+. The van der Waals surface area contributed by atoms with Crippen LogP contribution in [0.4, 0.5) is 0 Å². The van der Waals surface area contributed by atoms with Crippen LogP contribution in [0.2, 0.25) is 0 Å². The highest BCUT2D eigenvalue weighted by molar-refractivity contribution is 5.98. The highest BCUT2D eigenvalue weighted by Gasteiger charge is 2.31. The number of pyridine rings is 1. The Labute approximate surface area is 297 Å². The maximum Gasteiger partial charge on any atom is 0.252 e. The molecule has 5 atom stereocenters. The highest BCUT2D eigenvalue weighted by atomic mass is 16.6. The minimum absolute atomic E-state index is 0.238. The van der Waals surface area contributed by atoms with E-state index < -0.39 is 42.0 Å². The molecule has 5 amide bonds. The molecule has 2 aromatic rings. The molecule has 0 aliphatic rings. The van der Waals surface area contributed by atoms with Gasteiger partial charge in [-0.05, 0) is 50.5 Å². The molecule has 2 rings (SSSR count). The molecule has 0 aliphatic heterocycles. The van der Waals surface area contributed by atoms with Gasteiger partial charge in [-0.15, -0.1) is 0 Å². The summed E-state index contributed by atoms with van der Waals surface area (Å²) in [4.78, 5) is 71.1. The second kappa shape index (κ2) is 20.9. The van der Waals surface area contributed by atoms with Crippen LogP contribution < -0.4 is 41.5 Å². The molecule has 0 saturated carbocycles. The van der Waals surface area contributed by atoms with E-state index in [0.717, 1.165) is 5.56 Å². The van der Waals surface area contributed by atoms with Crippen molar-refractivity contribution in [3.05, 3.63) is 66.0 Å². The molecule has 50 heavy (non-hydrogen) atoms. The van der Waals surface area contributed by atoms with Crippen molar-refractivity contribution in [1.82, 2.24) is 31.9 Å². The molecule has 1 aromatic heterocycles. The fourth-order valence-corrected chi connectivity index (χ4v) is 5.31. The van der Waals surface area contributed by atoms with Crippen LogP contribution in [0.1, 0.15) is 90.1 Å². The SMILES string of the molecule is CCCC(NC(=O)[C@H](CC(C)(C)C)NC(=O)c1cc[n+](OC)cc1)C(=O)N[C@H](CNC(C)C(=O)N[C@@H](CC)C(=O)NCC)Cc1ccccc1. The molecule has 1 heterocycles. The maximum absolute atomic E-state index is 13.8. The lowest BCUT2D eigenvalue weighted by atomic mass is 9.87. The molecule has 13 heteroatoms. The highest BCUT2D eigenvalue weighted by Crippen LogP contribution is 2.21. The number of hydrogen-bond donors (Lipinski definition) is 6. The van der Waals surface area contributed by atoms with E-state index in [1.54, 1.807) is 31.5 Å². The molecule has 0 spiro atoms. The summed E-state index contributed by atoms with van der Waals surface area (Å²) >= 11 is 0. The third kappa shape index (κ3) is 14.5. The molecule has 0 bridgehead atoms. The molecule has 0 saturated heterocycles. The van der Waals surface area contributed by atoms with Crippen molar-refractivity contribution in [2.75, 3.05) is 20.2 Å². The molecular weight excluding hydrogens is 638 g/mol. The Morgan fingerprint density at radius 2 is 1.40 bits per heavy atom. The summed E-state index contributed by atoms with van der Waals surface area (Å²) in [5.74, 6) is -1.81. The topological polar surface area (TPSA) is 171 Å². The lowest BCUT2D eigenvalue weighted by Crippen LogP contribution is -2.57. The van der Waals surface area contributed by atoms with Crippen molar-refractivity contribution in [3.8, 4) is 0 Å². The van der Waals surface area contributed by atoms with Crippen molar-refractivity contribution in [2.24, 2.45) is 5.41 Å². The van der Waals surface area contributed by atoms with Gasteiger partial charge in [0.15, 0.2) is 0 Å². The summed E-state index contributed by atoms with van der Waals surface area (Å²) in [5.41, 5.74) is 1.04. The van der Waals surface area contributed by atoms with Gasteiger partial charge in [0, 0.05) is 36.0 Å². The Morgan fingerprint density at radius 3 is 1.96 bits per heavy atom. The van der Waals surface area contributed by atoms with Crippen molar-refractivity contribution in [1.29, 1.82) is 0 Å². The van der Waals surface area contributed by atoms with Gasteiger partial charge < -0.3 is 31.9 Å². The van der Waals surface area contributed by atoms with Gasteiger partial charge >= 0.3 is 0 Å². The molecule has 1 aromatic carbocycles. The number of amides is 5. The van der Waals surface area contributed by atoms with E-state index in [1.807, 2.05) is 71.9 Å². The third-order valence-corrected chi connectivity index (χ3v) is 8.05. The summed E-state index contributed by atoms with van der Waals surface area (Å²) in [6.07, 6.45) is 5.46. The van der Waals surface area contributed by atoms with Gasteiger partial charge in [-0.2, -0.15) is 0 Å². The number of nitrogens with zero attached hydrogens (tertiary/aromatic N) is 1. The van der Waals surface area contributed by atoms with E-state index in [-0.39, 0.29) is 29.7 Å². The summed E-state index contributed by atoms with van der Waals surface area (Å²) in [6.45, 7) is 13.9. The normalized spacial score (nSPS) is 14.2. The van der Waals surface area contributed by atoms with E-state index in [1.165, 1.54) is 11.8 Å². The van der Waals surface area contributed by atoms with Crippen LogP contribution in [0.25, 0.3) is 0 Å². The quantitative estimate of drug-likeness (QED) is 0.114. The number of nitrogens with one attached hydrogen (secondary N) is 6. The van der Waals surface area contributed by atoms with Crippen molar-refractivity contribution >= 4 is 29.5 Å². The van der Waals surface area contributed by atoms with Crippen molar-refractivity contribution in [3.63, 3.8) is 0 Å². The average molecular weight is 697 g/mol. The minimum Gasteiger partial charge on any atom is -0.355 e. The first-order valence-corrected chi connectivity index (χ1v) is 17.5. The Morgan fingerprint density at radius 1 is 0.780 bits per heavy atom. The fraction of sp³-hybridized carbons (Fsp3) is 0.568. The number of carbonyl (C=O) groups excluding carboxylic acids is 5. The van der Waals surface area contributed by atoms with E-state index in [9.17, 15) is 24.0 Å². The lowest BCUT2D eigenvalue weighted by Gasteiger charge is -2.29. The molecule has 6 N–H and O–H groups in total. The van der Waals surface area contributed by atoms with E-state index in [4.69, 9.17) is 4.84 Å². The van der Waals surface area contributed by atoms with Crippen LogP contribution in [-0.2, 0) is 25.6 Å². The van der Waals surface area contributed by atoms with Gasteiger partial charge in [0.2, 0.25) is 36.0 Å². The smallest absolute Gasteiger partial charge is 0.252 e. The van der Waals surface area contributed by atoms with Crippen LogP contribution >= 0.6 is 0 Å². The molecule has 0 radical (unpaired) electrons.